The zero-order valence-electron chi connectivity index (χ0n) is 14.1. The van der Waals surface area contributed by atoms with Crippen molar-refractivity contribution in [1.29, 1.82) is 0 Å². The molecule has 1 aromatic carbocycles. The molecular weight excluding hydrogens is 322 g/mol. The van der Waals surface area contributed by atoms with Crippen molar-refractivity contribution < 1.29 is 9.53 Å². The molecule has 5 nitrogen and oxygen atoms in total. The summed E-state index contributed by atoms with van der Waals surface area (Å²) in [7, 11) is 0. The van der Waals surface area contributed by atoms with Gasteiger partial charge in [0.05, 0.1) is 16.9 Å². The zero-order valence-corrected chi connectivity index (χ0v) is 15.0. The summed E-state index contributed by atoms with van der Waals surface area (Å²) < 4.78 is 5.56. The Labute approximate surface area is 144 Å². The third kappa shape index (κ3) is 2.97. The molecule has 0 aliphatic carbocycles. The van der Waals surface area contributed by atoms with Crippen molar-refractivity contribution in [2.24, 2.45) is 0 Å². The lowest BCUT2D eigenvalue weighted by molar-refractivity contribution is 0.103. The smallest absolute Gasteiger partial charge is 0.266 e. The molecule has 2 heterocycles. The van der Waals surface area contributed by atoms with Gasteiger partial charge in [-0.1, -0.05) is 6.07 Å². The van der Waals surface area contributed by atoms with E-state index < -0.39 is 0 Å². The third-order valence-electron chi connectivity index (χ3n) is 3.94. The lowest BCUT2D eigenvalue weighted by Crippen LogP contribution is -2.11. The fraction of sp³-hybridized carbons (Fsp3) is 0.278. The number of nitrogens with zero attached hydrogens (tertiary/aromatic N) is 2. The predicted molar refractivity (Wildman–Crippen MR) is 97.2 cm³/mol. The van der Waals surface area contributed by atoms with Crippen LogP contribution in [0.15, 0.2) is 24.5 Å². The maximum Gasteiger partial charge on any atom is 0.266 e. The number of ether oxygens (including phenoxy) is 1. The molecule has 1 N–H and O–H groups in total. The van der Waals surface area contributed by atoms with E-state index in [2.05, 4.69) is 15.3 Å². The molecule has 0 atom stereocenters. The number of hydrogen-bond acceptors (Lipinski definition) is 5. The van der Waals surface area contributed by atoms with Crippen LogP contribution in [0.25, 0.3) is 10.2 Å². The highest BCUT2D eigenvalue weighted by Gasteiger charge is 2.20. The number of hydrogen-bond donors (Lipinski definition) is 1. The maximum atomic E-state index is 12.7. The van der Waals surface area contributed by atoms with Crippen LogP contribution in [0.3, 0.4) is 0 Å². The van der Waals surface area contributed by atoms with Gasteiger partial charge in [0.25, 0.3) is 5.91 Å². The number of carbonyl (C=O) groups excluding carboxylic acids is 1. The Hall–Kier alpha value is -2.47. The van der Waals surface area contributed by atoms with Gasteiger partial charge in [-0.3, -0.25) is 4.79 Å². The first-order valence-corrected chi connectivity index (χ1v) is 8.58. The van der Waals surface area contributed by atoms with E-state index in [0.717, 1.165) is 27.0 Å². The van der Waals surface area contributed by atoms with Crippen LogP contribution in [0.2, 0.25) is 0 Å². The number of rotatable bonds is 4. The number of aromatic nitrogens is 2. The molecule has 0 spiro atoms. The van der Waals surface area contributed by atoms with Crippen molar-refractivity contribution in [1.82, 2.24) is 9.97 Å². The normalized spacial score (nSPS) is 10.8. The number of thiophene rings is 1. The minimum Gasteiger partial charge on any atom is -0.477 e. The molecule has 0 aliphatic heterocycles. The van der Waals surface area contributed by atoms with Crippen LogP contribution >= 0.6 is 11.3 Å². The highest BCUT2D eigenvalue weighted by atomic mass is 32.1. The van der Waals surface area contributed by atoms with Gasteiger partial charge in [-0.2, -0.15) is 0 Å². The van der Waals surface area contributed by atoms with E-state index in [1.165, 1.54) is 23.2 Å². The van der Waals surface area contributed by atoms with Crippen LogP contribution in [0.4, 0.5) is 5.69 Å². The number of aryl methyl sites for hydroxylation is 3. The predicted octanol–water partition coefficient (Wildman–Crippen LogP) is 4.27. The van der Waals surface area contributed by atoms with E-state index in [9.17, 15) is 4.79 Å². The molecule has 1 amide bonds. The third-order valence-corrected chi connectivity index (χ3v) is 5.14. The second-order valence-corrected chi connectivity index (χ2v) is 6.60. The van der Waals surface area contributed by atoms with E-state index >= 15 is 0 Å². The Morgan fingerprint density at radius 1 is 1.21 bits per heavy atom. The average molecular weight is 341 g/mol. The molecule has 0 saturated carbocycles. The van der Waals surface area contributed by atoms with Gasteiger partial charge in [-0.25, -0.2) is 9.97 Å². The fourth-order valence-electron chi connectivity index (χ4n) is 2.51. The highest BCUT2D eigenvalue weighted by molar-refractivity contribution is 7.20. The van der Waals surface area contributed by atoms with Crippen LogP contribution in [-0.4, -0.2) is 22.5 Å². The van der Waals surface area contributed by atoms with E-state index in [0.29, 0.717) is 17.4 Å². The topological polar surface area (TPSA) is 64.1 Å². The summed E-state index contributed by atoms with van der Waals surface area (Å²) in [6.07, 6.45) is 1.47. The van der Waals surface area contributed by atoms with Crippen molar-refractivity contribution in [2.45, 2.75) is 27.7 Å². The molecule has 3 aromatic rings. The summed E-state index contributed by atoms with van der Waals surface area (Å²) >= 11 is 1.36. The van der Waals surface area contributed by atoms with Crippen LogP contribution in [0.5, 0.6) is 5.88 Å². The summed E-state index contributed by atoms with van der Waals surface area (Å²) in [5, 5.41) is 3.78. The molecule has 2 aromatic heterocycles. The van der Waals surface area contributed by atoms with E-state index in [1.54, 1.807) is 0 Å². The van der Waals surface area contributed by atoms with Gasteiger partial charge in [0.1, 0.15) is 11.2 Å². The zero-order chi connectivity index (χ0) is 17.3. The minimum absolute atomic E-state index is 0.138. The first-order valence-electron chi connectivity index (χ1n) is 7.76. The van der Waals surface area contributed by atoms with Gasteiger partial charge in [0, 0.05) is 5.69 Å². The summed E-state index contributed by atoms with van der Waals surface area (Å²) in [6.45, 7) is 8.40. The molecule has 0 aliphatic rings. The Balaban J connectivity index is 1.96. The Kier molecular flexibility index (Phi) is 4.49. The lowest BCUT2D eigenvalue weighted by atomic mass is 10.1. The van der Waals surface area contributed by atoms with Gasteiger partial charge in [0.15, 0.2) is 0 Å². The van der Waals surface area contributed by atoms with Gasteiger partial charge in [-0.15, -0.1) is 11.3 Å². The Bertz CT molecular complexity index is 918. The fourth-order valence-corrected chi connectivity index (χ4v) is 3.54. The average Bonchev–Trinajstić information content (AvgIpc) is 2.89. The number of nitrogens with one attached hydrogen (secondary N) is 1. The summed E-state index contributed by atoms with van der Waals surface area (Å²) in [4.78, 5) is 22.5. The molecule has 3 rings (SSSR count). The van der Waals surface area contributed by atoms with Crippen molar-refractivity contribution in [2.75, 3.05) is 11.9 Å². The second-order valence-electron chi connectivity index (χ2n) is 5.60. The van der Waals surface area contributed by atoms with Crippen molar-refractivity contribution in [3.8, 4) is 5.88 Å². The molecule has 124 valence electrons. The molecule has 0 bridgehead atoms. The largest absolute Gasteiger partial charge is 0.477 e. The van der Waals surface area contributed by atoms with Crippen LogP contribution in [0.1, 0.15) is 33.3 Å². The van der Waals surface area contributed by atoms with E-state index in [1.807, 2.05) is 45.9 Å². The molecule has 0 unspecified atom stereocenters. The number of amides is 1. The number of anilines is 1. The Morgan fingerprint density at radius 3 is 2.71 bits per heavy atom. The van der Waals surface area contributed by atoms with Crippen molar-refractivity contribution in [3.05, 3.63) is 46.1 Å². The standard InChI is InChI=1S/C18H19N3O2S/c1-5-23-17-14-12(4)15(24-18(14)20-9-19-17)16(22)21-13-7-6-10(2)11(3)8-13/h6-9H,5H2,1-4H3,(H,21,22). The summed E-state index contributed by atoms with van der Waals surface area (Å²) in [5.74, 6) is 0.391. The monoisotopic (exact) mass is 341 g/mol. The summed E-state index contributed by atoms with van der Waals surface area (Å²) in [5.41, 5.74) is 3.98. The van der Waals surface area contributed by atoms with Crippen LogP contribution in [-0.2, 0) is 0 Å². The Morgan fingerprint density at radius 2 is 2.00 bits per heavy atom. The van der Waals surface area contributed by atoms with E-state index in [-0.39, 0.29) is 5.91 Å². The molecule has 6 heteroatoms. The van der Waals surface area contributed by atoms with Crippen LogP contribution in [0, 0.1) is 20.8 Å². The second kappa shape index (κ2) is 6.57. The first kappa shape index (κ1) is 16.4. The van der Waals surface area contributed by atoms with Crippen molar-refractivity contribution >= 4 is 33.1 Å². The minimum atomic E-state index is -0.138. The van der Waals surface area contributed by atoms with Crippen LogP contribution < -0.4 is 10.1 Å². The molecule has 0 fully saturated rings. The number of fused-ring (bicyclic) bond motifs is 1. The first-order chi connectivity index (χ1) is 11.5. The van der Waals surface area contributed by atoms with Gasteiger partial charge >= 0.3 is 0 Å². The molecular formula is C18H19N3O2S. The highest BCUT2D eigenvalue weighted by Crippen LogP contribution is 2.34. The summed E-state index contributed by atoms with van der Waals surface area (Å²) in [6, 6.07) is 5.89. The maximum absolute atomic E-state index is 12.7. The SMILES string of the molecule is CCOc1ncnc2sc(C(=O)Nc3ccc(C)c(C)c3)c(C)c12. The lowest BCUT2D eigenvalue weighted by Gasteiger charge is -2.07. The van der Waals surface area contributed by atoms with E-state index in [4.69, 9.17) is 4.74 Å². The quantitative estimate of drug-likeness (QED) is 0.770. The number of benzene rings is 1. The van der Waals surface area contributed by atoms with Gasteiger partial charge in [-0.05, 0) is 56.5 Å². The number of carbonyl (C=O) groups is 1. The molecule has 0 saturated heterocycles. The van der Waals surface area contributed by atoms with Gasteiger partial charge < -0.3 is 10.1 Å². The molecule has 24 heavy (non-hydrogen) atoms. The van der Waals surface area contributed by atoms with Gasteiger partial charge in [0.2, 0.25) is 5.88 Å². The molecule has 0 radical (unpaired) electrons. The van der Waals surface area contributed by atoms with Crippen molar-refractivity contribution in [3.63, 3.8) is 0 Å².